The van der Waals surface area contributed by atoms with Crippen LogP contribution < -0.4 is 5.73 Å². The van der Waals surface area contributed by atoms with Gasteiger partial charge >= 0.3 is 6.18 Å². The molecule has 6 heteroatoms. The second-order valence-corrected chi connectivity index (χ2v) is 3.76. The van der Waals surface area contributed by atoms with Crippen molar-refractivity contribution >= 4 is 17.5 Å². The average Bonchev–Trinajstić information content (AvgIpc) is 2.14. The highest BCUT2D eigenvalue weighted by molar-refractivity contribution is 6.30. The molecule has 1 aromatic carbocycles. The molecule has 0 bridgehead atoms. The zero-order valence-corrected chi connectivity index (χ0v) is 8.85. The lowest BCUT2D eigenvalue weighted by molar-refractivity contribution is -0.180. The van der Waals surface area contributed by atoms with Gasteiger partial charge in [-0.3, -0.25) is 4.79 Å². The van der Waals surface area contributed by atoms with Gasteiger partial charge in [0.05, 0.1) is 0 Å². The van der Waals surface area contributed by atoms with Crippen LogP contribution in [0.3, 0.4) is 0 Å². The van der Waals surface area contributed by atoms with Crippen molar-refractivity contribution in [2.24, 2.45) is 11.7 Å². The number of halogens is 4. The Kier molecular flexibility index (Phi) is 3.80. The van der Waals surface area contributed by atoms with E-state index < -0.39 is 24.4 Å². The highest BCUT2D eigenvalue weighted by Crippen LogP contribution is 2.29. The Hall–Kier alpha value is -1.23. The Morgan fingerprint density at radius 3 is 2.19 bits per heavy atom. The van der Waals surface area contributed by atoms with Gasteiger partial charge in [0.15, 0.2) is 0 Å². The number of benzene rings is 1. The predicted molar refractivity (Wildman–Crippen MR) is 53.9 cm³/mol. The van der Waals surface area contributed by atoms with Crippen molar-refractivity contribution in [3.63, 3.8) is 0 Å². The Labute approximate surface area is 95.2 Å². The molecule has 0 aliphatic rings. The van der Waals surface area contributed by atoms with Crippen molar-refractivity contribution in [2.45, 2.75) is 12.6 Å². The molecule has 1 atom stereocenters. The first-order valence-corrected chi connectivity index (χ1v) is 4.79. The first-order chi connectivity index (χ1) is 7.30. The summed E-state index contributed by atoms with van der Waals surface area (Å²) in [7, 11) is 0. The third kappa shape index (κ3) is 3.41. The summed E-state index contributed by atoms with van der Waals surface area (Å²) < 4.78 is 37.2. The van der Waals surface area contributed by atoms with Crippen LogP contribution in [0.1, 0.15) is 5.56 Å². The summed E-state index contributed by atoms with van der Waals surface area (Å²) in [5.74, 6) is -3.53. The number of alkyl halides is 3. The molecule has 0 aliphatic carbocycles. The third-order valence-corrected chi connectivity index (χ3v) is 2.34. The van der Waals surface area contributed by atoms with Crippen LogP contribution in [0.4, 0.5) is 13.2 Å². The first-order valence-electron chi connectivity index (χ1n) is 4.41. The Morgan fingerprint density at radius 1 is 1.31 bits per heavy atom. The largest absolute Gasteiger partial charge is 0.400 e. The van der Waals surface area contributed by atoms with E-state index >= 15 is 0 Å². The molecule has 88 valence electrons. The minimum Gasteiger partial charge on any atom is -0.369 e. The number of carbonyl (C=O) groups excluding carboxylic acids is 1. The van der Waals surface area contributed by atoms with E-state index in [0.29, 0.717) is 10.6 Å². The van der Waals surface area contributed by atoms with Crippen LogP contribution >= 0.6 is 11.6 Å². The van der Waals surface area contributed by atoms with Gasteiger partial charge in [0.25, 0.3) is 0 Å². The second kappa shape index (κ2) is 4.74. The lowest BCUT2D eigenvalue weighted by Gasteiger charge is -2.16. The van der Waals surface area contributed by atoms with Gasteiger partial charge in [-0.1, -0.05) is 23.7 Å². The number of nitrogens with two attached hydrogens (primary N) is 1. The minimum atomic E-state index is -4.62. The van der Waals surface area contributed by atoms with Crippen molar-refractivity contribution in [1.29, 1.82) is 0 Å². The lowest BCUT2D eigenvalue weighted by Crippen LogP contribution is -2.37. The highest BCUT2D eigenvalue weighted by atomic mass is 35.5. The summed E-state index contributed by atoms with van der Waals surface area (Å²) in [6.07, 6.45) is -5.08. The quantitative estimate of drug-likeness (QED) is 0.881. The van der Waals surface area contributed by atoms with Crippen LogP contribution in [0, 0.1) is 5.92 Å². The standard InChI is InChI=1S/C10H9ClF3NO/c11-7-3-1-6(2-4-7)5-8(9(15)16)10(12,13)14/h1-4,8H,5H2,(H2,15,16). The molecule has 0 aliphatic heterocycles. The Balaban J connectivity index is 2.84. The molecule has 0 saturated carbocycles. The molecular weight excluding hydrogens is 243 g/mol. The van der Waals surface area contributed by atoms with Crippen molar-refractivity contribution in [3.8, 4) is 0 Å². The van der Waals surface area contributed by atoms with Crippen LogP contribution in [-0.4, -0.2) is 12.1 Å². The summed E-state index contributed by atoms with van der Waals surface area (Å²) in [5, 5.41) is 0.423. The molecule has 2 nitrogen and oxygen atoms in total. The van der Waals surface area contributed by atoms with Crippen LogP contribution in [0.25, 0.3) is 0 Å². The van der Waals surface area contributed by atoms with E-state index in [0.717, 1.165) is 0 Å². The van der Waals surface area contributed by atoms with E-state index in [2.05, 4.69) is 0 Å². The van der Waals surface area contributed by atoms with E-state index in [-0.39, 0.29) is 0 Å². The molecule has 1 amide bonds. The molecule has 1 unspecified atom stereocenters. The molecule has 1 aromatic rings. The molecule has 16 heavy (non-hydrogen) atoms. The molecule has 0 saturated heterocycles. The predicted octanol–water partition coefficient (Wildman–Crippen LogP) is 2.55. The van der Waals surface area contributed by atoms with E-state index in [1.54, 1.807) is 0 Å². The van der Waals surface area contributed by atoms with Gasteiger partial charge in [-0.2, -0.15) is 13.2 Å². The van der Waals surface area contributed by atoms with Gasteiger partial charge < -0.3 is 5.73 Å². The van der Waals surface area contributed by atoms with E-state index in [1.807, 2.05) is 0 Å². The maximum Gasteiger partial charge on any atom is 0.400 e. The summed E-state index contributed by atoms with van der Waals surface area (Å²) >= 11 is 5.59. The van der Waals surface area contributed by atoms with Gasteiger partial charge in [-0.15, -0.1) is 0 Å². The summed E-state index contributed by atoms with van der Waals surface area (Å²) in [4.78, 5) is 10.7. The fourth-order valence-electron chi connectivity index (χ4n) is 1.23. The van der Waals surface area contributed by atoms with Gasteiger partial charge in [-0.25, -0.2) is 0 Å². The summed E-state index contributed by atoms with van der Waals surface area (Å²) in [6, 6.07) is 5.80. The summed E-state index contributed by atoms with van der Waals surface area (Å²) in [5.41, 5.74) is 5.08. The van der Waals surface area contributed by atoms with Crippen LogP contribution in [0.2, 0.25) is 5.02 Å². The first kappa shape index (κ1) is 12.8. The maximum atomic E-state index is 12.4. The normalized spacial score (nSPS) is 13.5. The van der Waals surface area contributed by atoms with E-state index in [1.165, 1.54) is 24.3 Å². The smallest absolute Gasteiger partial charge is 0.369 e. The SMILES string of the molecule is NC(=O)C(Cc1ccc(Cl)cc1)C(F)(F)F. The molecule has 2 N–H and O–H groups in total. The van der Waals surface area contributed by atoms with Crippen molar-refractivity contribution in [3.05, 3.63) is 34.9 Å². The molecule has 0 fully saturated rings. The fraction of sp³-hybridized carbons (Fsp3) is 0.300. The minimum absolute atomic E-state index is 0.366. The van der Waals surface area contributed by atoms with Crippen molar-refractivity contribution < 1.29 is 18.0 Å². The lowest BCUT2D eigenvalue weighted by atomic mass is 9.98. The molecular formula is C10H9ClF3NO. The number of primary amides is 1. The van der Waals surface area contributed by atoms with E-state index in [4.69, 9.17) is 17.3 Å². The van der Waals surface area contributed by atoms with Crippen molar-refractivity contribution in [2.75, 3.05) is 0 Å². The molecule has 0 radical (unpaired) electrons. The zero-order chi connectivity index (χ0) is 12.3. The Bertz CT molecular complexity index is 375. The van der Waals surface area contributed by atoms with Crippen LogP contribution in [0.15, 0.2) is 24.3 Å². The third-order valence-electron chi connectivity index (χ3n) is 2.09. The van der Waals surface area contributed by atoms with Gasteiger partial charge in [-0.05, 0) is 24.1 Å². The number of hydrogen-bond acceptors (Lipinski definition) is 1. The van der Waals surface area contributed by atoms with Crippen LogP contribution in [0.5, 0.6) is 0 Å². The van der Waals surface area contributed by atoms with Crippen LogP contribution in [-0.2, 0) is 11.2 Å². The number of rotatable bonds is 3. The number of hydrogen-bond donors (Lipinski definition) is 1. The topological polar surface area (TPSA) is 43.1 Å². The highest BCUT2D eigenvalue weighted by Gasteiger charge is 2.43. The van der Waals surface area contributed by atoms with Crippen molar-refractivity contribution in [1.82, 2.24) is 0 Å². The maximum absolute atomic E-state index is 12.4. The summed E-state index contributed by atoms with van der Waals surface area (Å²) in [6.45, 7) is 0. The second-order valence-electron chi connectivity index (χ2n) is 3.33. The van der Waals surface area contributed by atoms with E-state index in [9.17, 15) is 18.0 Å². The zero-order valence-electron chi connectivity index (χ0n) is 8.09. The Morgan fingerprint density at radius 2 is 1.81 bits per heavy atom. The number of amides is 1. The van der Waals surface area contributed by atoms with Gasteiger partial charge in [0.1, 0.15) is 5.92 Å². The molecule has 0 heterocycles. The molecule has 1 rings (SSSR count). The molecule has 0 aromatic heterocycles. The van der Waals surface area contributed by atoms with Gasteiger partial charge in [0, 0.05) is 5.02 Å². The fourth-order valence-corrected chi connectivity index (χ4v) is 1.36. The molecule has 0 spiro atoms. The van der Waals surface area contributed by atoms with Gasteiger partial charge in [0.2, 0.25) is 5.91 Å². The number of carbonyl (C=O) groups is 1. The average molecular weight is 252 g/mol. The monoisotopic (exact) mass is 251 g/mol.